The standard InChI is InChI=1S/C15H13F3N2O4S2/c16-15(17,18)10-1-3-11(4-2-10)26(23,24)20-6-5-9-7-12(14(21)19-22)25-13(9)8-20/h1-4,7,22H,5-6,8H2,(H,19,21). The van der Waals surface area contributed by atoms with Crippen LogP contribution in [-0.2, 0) is 29.2 Å². The van der Waals surface area contributed by atoms with Crippen molar-refractivity contribution in [2.45, 2.75) is 24.0 Å². The van der Waals surface area contributed by atoms with Crippen molar-refractivity contribution in [3.05, 3.63) is 51.2 Å². The highest BCUT2D eigenvalue weighted by Gasteiger charge is 2.33. The molecule has 1 aromatic heterocycles. The van der Waals surface area contributed by atoms with Gasteiger partial charge in [0.05, 0.1) is 15.3 Å². The third kappa shape index (κ3) is 3.47. The Morgan fingerprint density at radius 3 is 2.46 bits per heavy atom. The molecule has 1 aliphatic rings. The molecule has 0 spiro atoms. The van der Waals surface area contributed by atoms with Gasteiger partial charge in [-0.25, -0.2) is 13.9 Å². The van der Waals surface area contributed by atoms with Gasteiger partial charge in [-0.2, -0.15) is 17.5 Å². The Hall–Kier alpha value is -1.95. The van der Waals surface area contributed by atoms with Gasteiger partial charge in [0.2, 0.25) is 10.0 Å². The highest BCUT2D eigenvalue weighted by molar-refractivity contribution is 7.89. The summed E-state index contributed by atoms with van der Waals surface area (Å²) >= 11 is 1.06. The first-order valence-corrected chi connectivity index (χ1v) is 9.62. The lowest BCUT2D eigenvalue weighted by molar-refractivity contribution is -0.137. The number of alkyl halides is 3. The third-order valence-electron chi connectivity index (χ3n) is 3.99. The highest BCUT2D eigenvalue weighted by Crippen LogP contribution is 2.33. The van der Waals surface area contributed by atoms with Gasteiger partial charge in [0.25, 0.3) is 5.91 Å². The Balaban J connectivity index is 1.85. The SMILES string of the molecule is O=C(NO)c1cc2c(s1)CN(S(=O)(=O)c1ccc(C(F)(F)F)cc1)CC2. The lowest BCUT2D eigenvalue weighted by Gasteiger charge is -2.26. The van der Waals surface area contributed by atoms with E-state index in [0.717, 1.165) is 45.5 Å². The molecule has 0 saturated carbocycles. The number of rotatable bonds is 3. The Morgan fingerprint density at radius 1 is 1.23 bits per heavy atom. The van der Waals surface area contributed by atoms with E-state index in [-0.39, 0.29) is 22.9 Å². The molecule has 2 heterocycles. The molecule has 6 nitrogen and oxygen atoms in total. The maximum atomic E-state index is 12.7. The molecule has 0 unspecified atom stereocenters. The minimum absolute atomic E-state index is 0.0159. The highest BCUT2D eigenvalue weighted by atomic mass is 32.2. The van der Waals surface area contributed by atoms with E-state index < -0.39 is 27.7 Å². The first kappa shape index (κ1) is 18.8. The summed E-state index contributed by atoms with van der Waals surface area (Å²) in [4.78, 5) is 12.2. The molecular formula is C15H13F3N2O4S2. The van der Waals surface area contributed by atoms with E-state index in [4.69, 9.17) is 5.21 Å². The first-order chi connectivity index (χ1) is 12.1. The predicted molar refractivity (Wildman–Crippen MR) is 86.3 cm³/mol. The van der Waals surface area contributed by atoms with E-state index in [0.29, 0.717) is 11.3 Å². The summed E-state index contributed by atoms with van der Waals surface area (Å²) in [7, 11) is -3.96. The van der Waals surface area contributed by atoms with Crippen LogP contribution in [0.2, 0.25) is 0 Å². The van der Waals surface area contributed by atoms with Crippen LogP contribution in [0, 0.1) is 0 Å². The predicted octanol–water partition coefficient (Wildman–Crippen LogP) is 2.63. The number of fused-ring (bicyclic) bond motifs is 1. The van der Waals surface area contributed by atoms with Gasteiger partial charge in [-0.05, 0) is 42.3 Å². The molecule has 1 amide bonds. The number of thiophene rings is 1. The maximum absolute atomic E-state index is 12.7. The van der Waals surface area contributed by atoms with Gasteiger partial charge in [0, 0.05) is 18.0 Å². The summed E-state index contributed by atoms with van der Waals surface area (Å²) in [5.74, 6) is -0.679. The summed E-state index contributed by atoms with van der Waals surface area (Å²) in [6.45, 7) is 0.162. The average molecular weight is 406 g/mol. The van der Waals surface area contributed by atoms with Crippen molar-refractivity contribution in [1.29, 1.82) is 0 Å². The van der Waals surface area contributed by atoms with Gasteiger partial charge in [-0.3, -0.25) is 10.0 Å². The van der Waals surface area contributed by atoms with Crippen LogP contribution in [0.3, 0.4) is 0 Å². The summed E-state index contributed by atoms with van der Waals surface area (Å²) in [6.07, 6.45) is -4.17. The molecule has 0 aliphatic carbocycles. The van der Waals surface area contributed by atoms with Crippen molar-refractivity contribution in [2.24, 2.45) is 0 Å². The van der Waals surface area contributed by atoms with Gasteiger partial charge in [0.15, 0.2) is 0 Å². The van der Waals surface area contributed by atoms with Gasteiger partial charge in [-0.15, -0.1) is 11.3 Å². The molecule has 1 aliphatic heterocycles. The van der Waals surface area contributed by atoms with Gasteiger partial charge < -0.3 is 0 Å². The number of hydrogen-bond donors (Lipinski definition) is 2. The Labute approximate surface area is 150 Å². The first-order valence-electron chi connectivity index (χ1n) is 7.36. The molecule has 2 aromatic rings. The van der Waals surface area contributed by atoms with Crippen molar-refractivity contribution >= 4 is 27.3 Å². The molecule has 0 fully saturated rings. The lowest BCUT2D eigenvalue weighted by Crippen LogP contribution is -2.35. The van der Waals surface area contributed by atoms with Crippen molar-refractivity contribution in [1.82, 2.24) is 9.79 Å². The van der Waals surface area contributed by atoms with E-state index in [2.05, 4.69) is 0 Å². The minimum Gasteiger partial charge on any atom is -0.288 e. The van der Waals surface area contributed by atoms with Crippen LogP contribution >= 0.6 is 11.3 Å². The van der Waals surface area contributed by atoms with Gasteiger partial charge in [-0.1, -0.05) is 0 Å². The maximum Gasteiger partial charge on any atom is 0.416 e. The fourth-order valence-electron chi connectivity index (χ4n) is 2.63. The number of hydrogen-bond acceptors (Lipinski definition) is 5. The van der Waals surface area contributed by atoms with Crippen LogP contribution in [0.15, 0.2) is 35.2 Å². The van der Waals surface area contributed by atoms with Gasteiger partial charge >= 0.3 is 6.18 Å². The van der Waals surface area contributed by atoms with Crippen LogP contribution in [0.5, 0.6) is 0 Å². The normalized spacial score (nSPS) is 15.5. The number of benzene rings is 1. The molecule has 2 N–H and O–H groups in total. The summed E-state index contributed by atoms with van der Waals surface area (Å²) < 4.78 is 64.4. The Morgan fingerprint density at radius 2 is 1.88 bits per heavy atom. The molecule has 11 heteroatoms. The molecular weight excluding hydrogens is 393 g/mol. The molecule has 0 radical (unpaired) electrons. The Kier molecular flexibility index (Phi) is 4.82. The molecule has 0 bridgehead atoms. The average Bonchev–Trinajstić information content (AvgIpc) is 3.03. The second-order valence-corrected chi connectivity index (χ2v) is 8.69. The Bertz CT molecular complexity index is 937. The third-order valence-corrected chi connectivity index (χ3v) is 7.01. The molecule has 3 rings (SSSR count). The molecule has 140 valence electrons. The zero-order valence-electron chi connectivity index (χ0n) is 13.1. The van der Waals surface area contributed by atoms with E-state index in [1.165, 1.54) is 5.48 Å². The zero-order valence-corrected chi connectivity index (χ0v) is 14.7. The lowest BCUT2D eigenvalue weighted by atomic mass is 10.1. The smallest absolute Gasteiger partial charge is 0.288 e. The number of carbonyl (C=O) groups is 1. The van der Waals surface area contributed by atoms with Crippen molar-refractivity contribution < 1.29 is 31.6 Å². The van der Waals surface area contributed by atoms with Crippen LogP contribution in [0.4, 0.5) is 13.2 Å². The minimum atomic E-state index is -4.54. The monoisotopic (exact) mass is 406 g/mol. The van der Waals surface area contributed by atoms with E-state index in [9.17, 15) is 26.4 Å². The van der Waals surface area contributed by atoms with Crippen LogP contribution in [0.1, 0.15) is 25.7 Å². The largest absolute Gasteiger partial charge is 0.416 e. The van der Waals surface area contributed by atoms with Crippen LogP contribution < -0.4 is 5.48 Å². The van der Waals surface area contributed by atoms with Crippen molar-refractivity contribution in [3.63, 3.8) is 0 Å². The summed E-state index contributed by atoms with van der Waals surface area (Å²) in [5.41, 5.74) is 1.41. The molecule has 26 heavy (non-hydrogen) atoms. The van der Waals surface area contributed by atoms with Crippen LogP contribution in [0.25, 0.3) is 0 Å². The number of nitrogens with one attached hydrogen (secondary N) is 1. The number of nitrogens with zero attached hydrogens (tertiary/aromatic N) is 1. The number of hydroxylamine groups is 1. The summed E-state index contributed by atoms with van der Waals surface area (Å²) in [6, 6.07) is 4.93. The van der Waals surface area contributed by atoms with E-state index >= 15 is 0 Å². The summed E-state index contributed by atoms with van der Waals surface area (Å²) in [5, 5.41) is 8.68. The fraction of sp³-hybridized carbons (Fsp3) is 0.267. The second kappa shape index (κ2) is 6.65. The van der Waals surface area contributed by atoms with Crippen molar-refractivity contribution in [3.8, 4) is 0 Å². The second-order valence-electron chi connectivity index (χ2n) is 5.61. The van der Waals surface area contributed by atoms with E-state index in [1.54, 1.807) is 6.07 Å². The quantitative estimate of drug-likeness (QED) is 0.606. The number of halogens is 3. The van der Waals surface area contributed by atoms with Crippen molar-refractivity contribution in [2.75, 3.05) is 6.54 Å². The molecule has 0 atom stereocenters. The number of carbonyl (C=O) groups excluding carboxylic acids is 1. The number of amides is 1. The molecule has 0 saturated heterocycles. The fourth-order valence-corrected chi connectivity index (χ4v) is 5.24. The van der Waals surface area contributed by atoms with E-state index in [1.807, 2.05) is 0 Å². The zero-order chi connectivity index (χ0) is 19.1. The molecule has 1 aromatic carbocycles. The topological polar surface area (TPSA) is 86.7 Å². The van der Waals surface area contributed by atoms with Gasteiger partial charge in [0.1, 0.15) is 0 Å². The van der Waals surface area contributed by atoms with Crippen LogP contribution in [-0.4, -0.2) is 30.4 Å². The number of sulfonamides is 1.